The lowest BCUT2D eigenvalue weighted by atomic mass is 10.1. The van der Waals surface area contributed by atoms with Crippen molar-refractivity contribution >= 4 is 28.4 Å². The molecule has 0 aliphatic carbocycles. The molecule has 0 fully saturated rings. The van der Waals surface area contributed by atoms with Crippen LogP contribution in [0.1, 0.15) is 20.7 Å². The minimum Gasteiger partial charge on any atom is -0.463 e. The van der Waals surface area contributed by atoms with E-state index in [9.17, 15) is 9.59 Å². The monoisotopic (exact) mass is 385 g/mol. The minimum absolute atomic E-state index is 0.129. The molecule has 2 amide bonds. The lowest BCUT2D eigenvalue weighted by molar-refractivity contribution is 0.0827. The number of anilines is 1. The van der Waals surface area contributed by atoms with Gasteiger partial charge in [-0.3, -0.25) is 9.59 Å². The molecule has 0 aliphatic rings. The number of fused-ring (bicyclic) bond motifs is 1. The first-order chi connectivity index (χ1) is 14.0. The molecule has 2 aromatic heterocycles. The molecule has 0 saturated carbocycles. The number of amides is 2. The van der Waals surface area contributed by atoms with E-state index in [-0.39, 0.29) is 11.8 Å². The molecular formula is C23H19N3O3. The van der Waals surface area contributed by atoms with Gasteiger partial charge in [0.2, 0.25) is 0 Å². The predicted octanol–water partition coefficient (Wildman–Crippen LogP) is 4.45. The van der Waals surface area contributed by atoms with Gasteiger partial charge in [0.15, 0.2) is 5.76 Å². The first kappa shape index (κ1) is 18.4. The van der Waals surface area contributed by atoms with E-state index in [1.165, 1.54) is 4.90 Å². The van der Waals surface area contributed by atoms with Gasteiger partial charge in [0.05, 0.1) is 17.3 Å². The largest absolute Gasteiger partial charge is 0.463 e. The van der Waals surface area contributed by atoms with Gasteiger partial charge in [0.1, 0.15) is 5.69 Å². The standard InChI is InChI=1S/C23H19N3O3/c1-26(2)23(28)15-7-5-8-16(13-15)24-22(27)18-14-20(21-11-6-12-29-21)25-19-10-4-3-9-17(18)19/h3-14H,1-2H3,(H,24,27). The number of carbonyl (C=O) groups is 2. The number of hydrogen-bond donors (Lipinski definition) is 1. The zero-order chi connectivity index (χ0) is 20.4. The Hall–Kier alpha value is -3.93. The first-order valence-corrected chi connectivity index (χ1v) is 9.09. The predicted molar refractivity (Wildman–Crippen MR) is 112 cm³/mol. The number of furan rings is 1. The zero-order valence-electron chi connectivity index (χ0n) is 16.0. The van der Waals surface area contributed by atoms with Gasteiger partial charge in [-0.05, 0) is 42.5 Å². The Bertz CT molecular complexity index is 1200. The second kappa shape index (κ2) is 7.59. The molecule has 29 heavy (non-hydrogen) atoms. The van der Waals surface area contributed by atoms with Crippen LogP contribution in [0.4, 0.5) is 5.69 Å². The highest BCUT2D eigenvalue weighted by molar-refractivity contribution is 6.13. The number of aromatic nitrogens is 1. The number of nitrogens with one attached hydrogen (secondary N) is 1. The summed E-state index contributed by atoms with van der Waals surface area (Å²) in [5.74, 6) is 0.171. The smallest absolute Gasteiger partial charge is 0.256 e. The van der Waals surface area contributed by atoms with Gasteiger partial charge < -0.3 is 14.6 Å². The Morgan fingerprint density at radius 1 is 0.966 bits per heavy atom. The van der Waals surface area contributed by atoms with E-state index in [1.807, 2.05) is 24.3 Å². The van der Waals surface area contributed by atoms with Crippen molar-refractivity contribution in [1.29, 1.82) is 0 Å². The summed E-state index contributed by atoms with van der Waals surface area (Å²) in [5.41, 5.74) is 2.80. The highest BCUT2D eigenvalue weighted by Gasteiger charge is 2.16. The van der Waals surface area contributed by atoms with Crippen LogP contribution in [0.5, 0.6) is 0 Å². The molecule has 0 aliphatic heterocycles. The molecule has 2 heterocycles. The summed E-state index contributed by atoms with van der Waals surface area (Å²) in [6.45, 7) is 0. The molecule has 144 valence electrons. The third-order valence-corrected chi connectivity index (χ3v) is 4.51. The van der Waals surface area contributed by atoms with Crippen molar-refractivity contribution < 1.29 is 14.0 Å². The molecule has 0 unspecified atom stereocenters. The van der Waals surface area contributed by atoms with Gasteiger partial charge in [-0.2, -0.15) is 0 Å². The molecule has 2 aromatic carbocycles. The molecule has 0 saturated heterocycles. The summed E-state index contributed by atoms with van der Waals surface area (Å²) >= 11 is 0. The van der Waals surface area contributed by atoms with Crippen LogP contribution in [-0.4, -0.2) is 35.8 Å². The van der Waals surface area contributed by atoms with Gasteiger partial charge in [-0.1, -0.05) is 24.3 Å². The topological polar surface area (TPSA) is 75.4 Å². The fourth-order valence-corrected chi connectivity index (χ4v) is 3.10. The van der Waals surface area contributed by atoms with Crippen molar-refractivity contribution in [2.45, 2.75) is 0 Å². The third kappa shape index (κ3) is 3.73. The molecule has 0 atom stereocenters. The normalized spacial score (nSPS) is 10.7. The molecular weight excluding hydrogens is 366 g/mol. The second-order valence-corrected chi connectivity index (χ2v) is 6.78. The summed E-state index contributed by atoms with van der Waals surface area (Å²) in [5, 5.41) is 3.63. The van der Waals surface area contributed by atoms with Gasteiger partial charge in [-0.15, -0.1) is 0 Å². The van der Waals surface area contributed by atoms with Crippen molar-refractivity contribution in [3.05, 3.63) is 84.1 Å². The Kier molecular flexibility index (Phi) is 4.83. The fourth-order valence-electron chi connectivity index (χ4n) is 3.10. The summed E-state index contributed by atoms with van der Waals surface area (Å²) in [4.78, 5) is 31.4. The van der Waals surface area contributed by atoms with E-state index in [0.29, 0.717) is 33.8 Å². The molecule has 6 heteroatoms. The van der Waals surface area contributed by atoms with Gasteiger partial charge in [-0.25, -0.2) is 4.98 Å². The number of para-hydroxylation sites is 1. The molecule has 4 aromatic rings. The van der Waals surface area contributed by atoms with E-state index in [2.05, 4.69) is 10.3 Å². The van der Waals surface area contributed by atoms with E-state index in [0.717, 1.165) is 5.39 Å². The highest BCUT2D eigenvalue weighted by Crippen LogP contribution is 2.26. The Balaban J connectivity index is 1.72. The number of carbonyl (C=O) groups excluding carboxylic acids is 2. The molecule has 4 rings (SSSR count). The van der Waals surface area contributed by atoms with Crippen molar-refractivity contribution in [3.8, 4) is 11.5 Å². The van der Waals surface area contributed by atoms with Gasteiger partial charge in [0, 0.05) is 30.7 Å². The third-order valence-electron chi connectivity index (χ3n) is 4.51. The Labute approximate surface area is 167 Å². The van der Waals surface area contributed by atoms with E-state index >= 15 is 0 Å². The minimum atomic E-state index is -0.286. The van der Waals surface area contributed by atoms with Crippen LogP contribution in [0.3, 0.4) is 0 Å². The van der Waals surface area contributed by atoms with Crippen LogP contribution in [0.15, 0.2) is 77.4 Å². The van der Waals surface area contributed by atoms with Crippen LogP contribution in [-0.2, 0) is 0 Å². The number of rotatable bonds is 4. The number of pyridine rings is 1. The van der Waals surface area contributed by atoms with Crippen molar-refractivity contribution in [1.82, 2.24) is 9.88 Å². The molecule has 0 radical (unpaired) electrons. The first-order valence-electron chi connectivity index (χ1n) is 9.09. The van der Waals surface area contributed by atoms with Crippen LogP contribution in [0.25, 0.3) is 22.4 Å². The van der Waals surface area contributed by atoms with Crippen molar-refractivity contribution in [2.75, 3.05) is 19.4 Å². The van der Waals surface area contributed by atoms with Crippen LogP contribution in [0, 0.1) is 0 Å². The maximum atomic E-state index is 13.1. The lowest BCUT2D eigenvalue weighted by Crippen LogP contribution is -2.22. The quantitative estimate of drug-likeness (QED) is 0.563. The molecule has 0 spiro atoms. The summed E-state index contributed by atoms with van der Waals surface area (Å²) in [6, 6.07) is 19.6. The second-order valence-electron chi connectivity index (χ2n) is 6.78. The Morgan fingerprint density at radius 2 is 1.79 bits per heavy atom. The van der Waals surface area contributed by atoms with Crippen LogP contribution in [0.2, 0.25) is 0 Å². The summed E-state index contributed by atoms with van der Waals surface area (Å²) < 4.78 is 5.45. The SMILES string of the molecule is CN(C)C(=O)c1cccc(NC(=O)c2cc(-c3ccco3)nc3ccccc23)c1. The fraction of sp³-hybridized carbons (Fsp3) is 0.0870. The average Bonchev–Trinajstić information content (AvgIpc) is 3.27. The molecule has 1 N–H and O–H groups in total. The van der Waals surface area contributed by atoms with Crippen molar-refractivity contribution in [3.63, 3.8) is 0 Å². The van der Waals surface area contributed by atoms with Crippen molar-refractivity contribution in [2.24, 2.45) is 0 Å². The Morgan fingerprint density at radius 3 is 2.55 bits per heavy atom. The van der Waals surface area contributed by atoms with E-state index in [1.54, 1.807) is 62.8 Å². The van der Waals surface area contributed by atoms with Crippen LogP contribution >= 0.6 is 0 Å². The summed E-state index contributed by atoms with van der Waals surface area (Å²) in [6.07, 6.45) is 1.57. The maximum absolute atomic E-state index is 13.1. The lowest BCUT2D eigenvalue weighted by Gasteiger charge is -2.12. The molecule has 6 nitrogen and oxygen atoms in total. The average molecular weight is 385 g/mol. The molecule has 0 bridgehead atoms. The van der Waals surface area contributed by atoms with Gasteiger partial charge >= 0.3 is 0 Å². The highest BCUT2D eigenvalue weighted by atomic mass is 16.3. The maximum Gasteiger partial charge on any atom is 0.256 e. The van der Waals surface area contributed by atoms with E-state index < -0.39 is 0 Å². The number of nitrogens with zero attached hydrogens (tertiary/aromatic N) is 2. The number of benzene rings is 2. The van der Waals surface area contributed by atoms with Gasteiger partial charge in [0.25, 0.3) is 11.8 Å². The summed E-state index contributed by atoms with van der Waals surface area (Å²) in [7, 11) is 3.37. The van der Waals surface area contributed by atoms with E-state index in [4.69, 9.17) is 4.42 Å². The zero-order valence-corrected chi connectivity index (χ0v) is 16.0. The van der Waals surface area contributed by atoms with Crippen LogP contribution < -0.4 is 5.32 Å². The number of hydrogen-bond acceptors (Lipinski definition) is 4.